The van der Waals surface area contributed by atoms with E-state index in [2.05, 4.69) is 0 Å². The first-order valence-electron chi connectivity index (χ1n) is 19.5. The number of aliphatic hydroxyl groups is 6. The summed E-state index contributed by atoms with van der Waals surface area (Å²) in [5.41, 5.74) is -0.978. The monoisotopic (exact) mass is 824 g/mol. The first-order valence-corrected chi connectivity index (χ1v) is 19.5. The van der Waals surface area contributed by atoms with E-state index in [1.807, 2.05) is 0 Å². The summed E-state index contributed by atoms with van der Waals surface area (Å²) < 4.78 is 47.9. The lowest BCUT2D eigenvalue weighted by molar-refractivity contribution is -0.334. The zero-order valence-corrected chi connectivity index (χ0v) is 33.5. The molecular weight excluding hydrogens is 768 g/mol. The van der Waals surface area contributed by atoms with Crippen molar-refractivity contribution in [1.29, 1.82) is 0 Å². The van der Waals surface area contributed by atoms with E-state index in [-0.39, 0.29) is 53.9 Å². The summed E-state index contributed by atoms with van der Waals surface area (Å²) in [6.45, 7) is 8.92. The molecule has 8 N–H and O–H groups in total. The number of phenolic OH excluding ortho intramolecular Hbond substituents is 2. The fourth-order valence-corrected chi connectivity index (χ4v) is 8.33. The molecule has 0 unspecified atom stereocenters. The Morgan fingerprint density at radius 2 is 1.45 bits per heavy atom. The van der Waals surface area contributed by atoms with Crippen LogP contribution in [0, 0.1) is 12.8 Å². The van der Waals surface area contributed by atoms with Crippen molar-refractivity contribution < 1.29 is 88.3 Å². The number of ether oxygens (including phenoxy) is 8. The van der Waals surface area contributed by atoms with Crippen molar-refractivity contribution in [3.63, 3.8) is 0 Å². The number of phenols is 2. The highest BCUT2D eigenvalue weighted by Crippen LogP contribution is 2.43. The molecular formula is C40H56O18. The standard InChI is InChI=1S/C40H56O18/c1-15-24-11-21-8-20(10-23(42)30(21)31(15)43)9-22(36(51-7)35(47)32(44)16(2)41)37(39(49)57-24)58-28-13-25(33(45)18(4)53-28)55-27-12-26(34(46)17(3)52-27)56-29-14-40(6,50)38(48)19(5)54-29/h8,10-11,16-19,22,25-29,32-34,36-38,41-46,48,50H,9,12-14H2,1-7H3/t16-,17-,18-,19-,22+,25-,26-,27+,28+,29+,32+,33-,34+,36+,37+,38-,40+/m1/s1. The zero-order valence-electron chi connectivity index (χ0n) is 33.5. The molecule has 17 atom stereocenters. The molecule has 3 saturated heterocycles. The van der Waals surface area contributed by atoms with Gasteiger partial charge in [-0.3, -0.25) is 4.79 Å². The molecule has 0 aliphatic carbocycles. The van der Waals surface area contributed by atoms with Crippen molar-refractivity contribution in [2.24, 2.45) is 5.92 Å². The minimum Gasteiger partial charge on any atom is -0.507 e. The normalized spacial score (nSPS) is 38.6. The largest absolute Gasteiger partial charge is 0.507 e. The molecule has 4 heterocycles. The second kappa shape index (κ2) is 17.5. The van der Waals surface area contributed by atoms with Gasteiger partial charge in [0.25, 0.3) is 0 Å². The third-order valence-corrected chi connectivity index (χ3v) is 11.7. The molecule has 0 spiro atoms. The first kappa shape index (κ1) is 44.5. The summed E-state index contributed by atoms with van der Waals surface area (Å²) in [5.74, 6) is -3.90. The number of Topliss-reactive ketones (excluding diaryl/α,β-unsaturated/α-hetero) is 1. The maximum Gasteiger partial charge on any atom is 0.341 e. The van der Waals surface area contributed by atoms with E-state index < -0.39 is 115 Å². The minimum absolute atomic E-state index is 0.0306. The lowest BCUT2D eigenvalue weighted by Crippen LogP contribution is -2.58. The number of aromatic hydroxyl groups is 2. The number of methoxy groups -OCH3 is 1. The van der Waals surface area contributed by atoms with Crippen LogP contribution in [0.4, 0.5) is 0 Å². The van der Waals surface area contributed by atoms with Crippen molar-refractivity contribution in [3.8, 4) is 17.2 Å². The molecule has 0 radical (unpaired) electrons. The molecule has 324 valence electrons. The third kappa shape index (κ3) is 9.00. The smallest absolute Gasteiger partial charge is 0.341 e. The van der Waals surface area contributed by atoms with Gasteiger partial charge in [-0.05, 0) is 71.0 Å². The fraction of sp³-hybridized carbons (Fsp3) is 0.700. The van der Waals surface area contributed by atoms with E-state index >= 15 is 0 Å². The Morgan fingerprint density at radius 1 is 0.879 bits per heavy atom. The van der Waals surface area contributed by atoms with Crippen LogP contribution in [0.5, 0.6) is 17.2 Å². The number of fused-ring (bicyclic) bond motifs is 2. The number of rotatable bonds is 11. The van der Waals surface area contributed by atoms with Crippen LogP contribution in [0.25, 0.3) is 10.8 Å². The zero-order chi connectivity index (χ0) is 42.5. The van der Waals surface area contributed by atoms with Crippen LogP contribution in [0.15, 0.2) is 18.2 Å². The van der Waals surface area contributed by atoms with Gasteiger partial charge in [-0.15, -0.1) is 0 Å². The minimum atomic E-state index is -1.91. The lowest BCUT2D eigenvalue weighted by atomic mass is 9.83. The number of ketones is 1. The highest BCUT2D eigenvalue weighted by atomic mass is 16.7. The molecule has 0 saturated carbocycles. The summed E-state index contributed by atoms with van der Waals surface area (Å²) >= 11 is 0. The molecule has 18 nitrogen and oxygen atoms in total. The number of carbonyl (C=O) groups excluding carboxylic acids is 2. The van der Waals surface area contributed by atoms with E-state index in [9.17, 15) is 50.4 Å². The van der Waals surface area contributed by atoms with Crippen molar-refractivity contribution in [2.45, 2.75) is 165 Å². The second-order valence-corrected chi connectivity index (χ2v) is 16.3. The summed E-state index contributed by atoms with van der Waals surface area (Å²) in [4.78, 5) is 27.9. The van der Waals surface area contributed by atoms with Crippen molar-refractivity contribution >= 4 is 22.5 Å². The fourth-order valence-electron chi connectivity index (χ4n) is 8.33. The molecule has 4 aliphatic heterocycles. The number of hydrogen-bond acceptors (Lipinski definition) is 18. The van der Waals surface area contributed by atoms with Crippen LogP contribution in [-0.4, -0.2) is 157 Å². The maximum atomic E-state index is 14.3. The van der Waals surface area contributed by atoms with Gasteiger partial charge in [-0.2, -0.15) is 0 Å². The predicted octanol–water partition coefficient (Wildman–Crippen LogP) is 0.357. The van der Waals surface area contributed by atoms with E-state index in [1.165, 1.54) is 40.0 Å². The summed E-state index contributed by atoms with van der Waals surface area (Å²) in [6, 6.07) is 4.48. The van der Waals surface area contributed by atoms with Crippen LogP contribution in [0.1, 0.15) is 65.0 Å². The summed E-state index contributed by atoms with van der Waals surface area (Å²) in [6.07, 6.45) is -18.5. The molecule has 3 fully saturated rings. The van der Waals surface area contributed by atoms with Gasteiger partial charge in [0, 0.05) is 37.9 Å². The predicted molar refractivity (Wildman–Crippen MR) is 198 cm³/mol. The summed E-state index contributed by atoms with van der Waals surface area (Å²) in [7, 11) is 1.19. The molecule has 0 aromatic heterocycles. The van der Waals surface area contributed by atoms with Gasteiger partial charge in [-0.1, -0.05) is 6.07 Å². The number of aliphatic hydroxyl groups excluding tert-OH is 5. The average Bonchev–Trinajstić information content (AvgIpc) is 3.14. The Hall–Kier alpha value is -3.08. The molecule has 0 amide bonds. The van der Waals surface area contributed by atoms with Gasteiger partial charge in [0.15, 0.2) is 30.8 Å². The molecule has 4 aliphatic rings. The Balaban J connectivity index is 1.26. The summed E-state index contributed by atoms with van der Waals surface area (Å²) in [5, 5.41) is 86.5. The molecule has 2 aromatic carbocycles. The first-order chi connectivity index (χ1) is 27.2. The van der Waals surface area contributed by atoms with Crippen LogP contribution in [0.2, 0.25) is 0 Å². The quantitative estimate of drug-likeness (QED) is 0.112. The van der Waals surface area contributed by atoms with Crippen LogP contribution < -0.4 is 4.74 Å². The SMILES string of the molecule is CO[C@H](C(=O)[C@@H](O)[C@@H](C)O)[C@@H]1Cc2cc(O)c3c(O)c(C)c(cc3c2)OC(=O)[C@H]1O[C@H]1C[C@@H](O[C@H]2C[C@@H](O[C@H]3C[C@](C)(O)[C@H](O)[C@@H](C)O3)[C@@H](O)[C@@H](C)O2)[C@H](O)[C@@H](C)O1. The van der Waals surface area contributed by atoms with Gasteiger partial charge >= 0.3 is 5.97 Å². The van der Waals surface area contributed by atoms with Crippen molar-refractivity contribution in [2.75, 3.05) is 7.11 Å². The van der Waals surface area contributed by atoms with Crippen LogP contribution >= 0.6 is 0 Å². The van der Waals surface area contributed by atoms with Crippen LogP contribution in [0.3, 0.4) is 0 Å². The van der Waals surface area contributed by atoms with Gasteiger partial charge in [0.1, 0.15) is 47.8 Å². The van der Waals surface area contributed by atoms with Crippen LogP contribution in [-0.2, 0) is 49.2 Å². The molecule has 6 rings (SSSR count). The lowest BCUT2D eigenvalue weighted by Gasteiger charge is -2.46. The van der Waals surface area contributed by atoms with Gasteiger partial charge in [0.2, 0.25) is 0 Å². The Bertz CT molecular complexity index is 1800. The van der Waals surface area contributed by atoms with Gasteiger partial charge < -0.3 is 78.7 Å². The number of carbonyl (C=O) groups is 2. The maximum absolute atomic E-state index is 14.3. The second-order valence-electron chi connectivity index (χ2n) is 16.3. The van der Waals surface area contributed by atoms with E-state index in [0.717, 1.165) is 0 Å². The Kier molecular flexibility index (Phi) is 13.4. The topological polar surface area (TPSA) is 270 Å². The number of benzene rings is 2. The molecule has 58 heavy (non-hydrogen) atoms. The van der Waals surface area contributed by atoms with Crippen molar-refractivity contribution in [3.05, 3.63) is 29.3 Å². The molecule has 3 bridgehead atoms. The van der Waals surface area contributed by atoms with E-state index in [0.29, 0.717) is 10.9 Å². The average molecular weight is 825 g/mol. The number of hydrogen-bond donors (Lipinski definition) is 8. The van der Waals surface area contributed by atoms with E-state index in [1.54, 1.807) is 26.8 Å². The highest BCUT2D eigenvalue weighted by Gasteiger charge is 2.49. The Labute approximate surface area is 335 Å². The van der Waals surface area contributed by atoms with Gasteiger partial charge in [0.05, 0.1) is 47.6 Å². The van der Waals surface area contributed by atoms with Gasteiger partial charge in [-0.25, -0.2) is 4.79 Å². The Morgan fingerprint density at radius 3 is 2.02 bits per heavy atom. The molecule has 2 aromatic rings. The third-order valence-electron chi connectivity index (χ3n) is 11.7. The number of esters is 1. The highest BCUT2D eigenvalue weighted by molar-refractivity contribution is 5.97. The van der Waals surface area contributed by atoms with E-state index in [4.69, 9.17) is 37.9 Å². The van der Waals surface area contributed by atoms with Crippen molar-refractivity contribution in [1.82, 2.24) is 0 Å². The molecule has 18 heteroatoms.